The van der Waals surface area contributed by atoms with Gasteiger partial charge in [0, 0.05) is 19.3 Å². The smallest absolute Gasteiger partial charge is 0.0697 e. The summed E-state index contributed by atoms with van der Waals surface area (Å²) in [7, 11) is 0. The first-order chi connectivity index (χ1) is 6.43. The summed E-state index contributed by atoms with van der Waals surface area (Å²) in [4.78, 5) is 0. The van der Waals surface area contributed by atoms with Crippen molar-refractivity contribution in [3.05, 3.63) is 0 Å². The summed E-state index contributed by atoms with van der Waals surface area (Å²) >= 11 is 0. The minimum absolute atomic E-state index is 0.115. The summed E-state index contributed by atoms with van der Waals surface area (Å²) in [5.41, 5.74) is 0. The number of rotatable bonds is 7. The fraction of sp³-hybridized carbons (Fsp3) is 1.00. The molecule has 13 heavy (non-hydrogen) atoms. The fourth-order valence-electron chi connectivity index (χ4n) is 1.34. The number of aliphatic hydroxyl groups excluding tert-OH is 1. The van der Waals surface area contributed by atoms with Gasteiger partial charge in [-0.1, -0.05) is 0 Å². The van der Waals surface area contributed by atoms with Gasteiger partial charge in [0.25, 0.3) is 0 Å². The van der Waals surface area contributed by atoms with E-state index in [9.17, 15) is 0 Å². The zero-order valence-corrected chi connectivity index (χ0v) is 8.00. The highest BCUT2D eigenvalue weighted by molar-refractivity contribution is 4.70. The molecule has 2 N–H and O–H groups in total. The van der Waals surface area contributed by atoms with Crippen molar-refractivity contribution in [3.63, 3.8) is 0 Å². The maximum atomic E-state index is 8.44. The molecule has 0 aromatic carbocycles. The van der Waals surface area contributed by atoms with Crippen molar-refractivity contribution in [1.29, 1.82) is 0 Å². The minimum atomic E-state index is 0.115. The van der Waals surface area contributed by atoms with Gasteiger partial charge in [-0.2, -0.15) is 0 Å². The van der Waals surface area contributed by atoms with E-state index in [1.54, 1.807) is 0 Å². The molecule has 0 aromatic heterocycles. The molecule has 0 amide bonds. The lowest BCUT2D eigenvalue weighted by atomic mass is 10.2. The third-order valence-electron chi connectivity index (χ3n) is 2.06. The second-order valence-corrected chi connectivity index (χ2v) is 3.20. The van der Waals surface area contributed by atoms with Crippen molar-refractivity contribution in [2.24, 2.45) is 0 Å². The Kier molecular flexibility index (Phi) is 6.10. The molecule has 4 nitrogen and oxygen atoms in total. The topological polar surface area (TPSA) is 50.7 Å². The zero-order valence-electron chi connectivity index (χ0n) is 8.00. The van der Waals surface area contributed by atoms with Crippen LogP contribution in [-0.2, 0) is 9.47 Å². The van der Waals surface area contributed by atoms with E-state index < -0.39 is 0 Å². The first-order valence-corrected chi connectivity index (χ1v) is 4.93. The summed E-state index contributed by atoms with van der Waals surface area (Å²) in [6.07, 6.45) is 2.12. The standard InChI is InChI=1S/C9H19NO3/c11-4-7-12-5-1-3-10-9-2-6-13-8-9/h9-11H,1-8H2. The SMILES string of the molecule is OCCOCCCNC1CCOC1. The van der Waals surface area contributed by atoms with Crippen LogP contribution in [0.2, 0.25) is 0 Å². The van der Waals surface area contributed by atoms with Gasteiger partial charge in [0.1, 0.15) is 0 Å². The van der Waals surface area contributed by atoms with Gasteiger partial charge in [0.2, 0.25) is 0 Å². The van der Waals surface area contributed by atoms with Crippen molar-refractivity contribution >= 4 is 0 Å². The van der Waals surface area contributed by atoms with Crippen molar-refractivity contribution in [2.45, 2.75) is 18.9 Å². The average molecular weight is 189 g/mol. The highest BCUT2D eigenvalue weighted by atomic mass is 16.5. The molecule has 0 aliphatic carbocycles. The lowest BCUT2D eigenvalue weighted by Gasteiger charge is -2.09. The number of nitrogens with one attached hydrogen (secondary N) is 1. The van der Waals surface area contributed by atoms with Crippen LogP contribution in [0, 0.1) is 0 Å². The van der Waals surface area contributed by atoms with E-state index in [2.05, 4.69) is 5.32 Å². The zero-order chi connectivity index (χ0) is 9.36. The number of aliphatic hydroxyl groups is 1. The molecule has 1 aliphatic heterocycles. The molecule has 1 rings (SSSR count). The Morgan fingerprint density at radius 1 is 1.46 bits per heavy atom. The summed E-state index contributed by atoms with van der Waals surface area (Å²) < 4.78 is 10.4. The molecule has 0 spiro atoms. The second kappa shape index (κ2) is 7.26. The Hall–Kier alpha value is -0.160. The normalized spacial score (nSPS) is 22.4. The van der Waals surface area contributed by atoms with Gasteiger partial charge in [0.05, 0.1) is 19.8 Å². The largest absolute Gasteiger partial charge is 0.394 e. The number of hydrogen-bond donors (Lipinski definition) is 2. The predicted molar refractivity (Wildman–Crippen MR) is 49.7 cm³/mol. The first kappa shape index (κ1) is 10.9. The second-order valence-electron chi connectivity index (χ2n) is 3.20. The summed E-state index contributed by atoms with van der Waals surface area (Å²) in [6, 6.07) is 0.540. The lowest BCUT2D eigenvalue weighted by Crippen LogP contribution is -2.30. The highest BCUT2D eigenvalue weighted by Crippen LogP contribution is 2.02. The van der Waals surface area contributed by atoms with Gasteiger partial charge in [-0.05, 0) is 19.4 Å². The van der Waals surface area contributed by atoms with Crippen molar-refractivity contribution in [1.82, 2.24) is 5.32 Å². The molecule has 0 bridgehead atoms. The first-order valence-electron chi connectivity index (χ1n) is 4.93. The van der Waals surface area contributed by atoms with Crippen LogP contribution in [0.25, 0.3) is 0 Å². The van der Waals surface area contributed by atoms with Gasteiger partial charge in [-0.25, -0.2) is 0 Å². The van der Waals surface area contributed by atoms with Gasteiger partial charge < -0.3 is 19.9 Å². The Bertz CT molecular complexity index is 115. The molecule has 1 heterocycles. The maximum Gasteiger partial charge on any atom is 0.0697 e. The van der Waals surface area contributed by atoms with Crippen LogP contribution in [-0.4, -0.2) is 50.7 Å². The van der Waals surface area contributed by atoms with E-state index >= 15 is 0 Å². The summed E-state index contributed by atoms with van der Waals surface area (Å²) in [5, 5.41) is 11.8. The Balaban J connectivity index is 1.78. The van der Waals surface area contributed by atoms with E-state index in [0.29, 0.717) is 12.6 Å². The fourth-order valence-corrected chi connectivity index (χ4v) is 1.34. The van der Waals surface area contributed by atoms with E-state index in [1.807, 2.05) is 0 Å². The summed E-state index contributed by atoms with van der Waals surface area (Å²) in [6.45, 7) is 3.99. The average Bonchev–Trinajstić information content (AvgIpc) is 2.63. The van der Waals surface area contributed by atoms with Crippen LogP contribution < -0.4 is 5.32 Å². The quantitative estimate of drug-likeness (QED) is 0.543. The van der Waals surface area contributed by atoms with E-state index in [1.165, 1.54) is 0 Å². The molecule has 1 aliphatic rings. The molecule has 0 aromatic rings. The van der Waals surface area contributed by atoms with Crippen LogP contribution in [0.3, 0.4) is 0 Å². The minimum Gasteiger partial charge on any atom is -0.394 e. The predicted octanol–water partition coefficient (Wildman–Crippen LogP) is -0.236. The van der Waals surface area contributed by atoms with Crippen LogP contribution in [0.4, 0.5) is 0 Å². The molecular formula is C9H19NO3. The van der Waals surface area contributed by atoms with Gasteiger partial charge >= 0.3 is 0 Å². The van der Waals surface area contributed by atoms with Gasteiger partial charge in [0.15, 0.2) is 0 Å². The molecule has 1 atom stereocenters. The molecule has 4 heteroatoms. The van der Waals surface area contributed by atoms with E-state index in [0.717, 1.165) is 39.2 Å². The Labute approximate surface area is 79.2 Å². The van der Waals surface area contributed by atoms with E-state index in [4.69, 9.17) is 14.6 Å². The van der Waals surface area contributed by atoms with E-state index in [-0.39, 0.29) is 6.61 Å². The van der Waals surface area contributed by atoms with Crippen LogP contribution in [0.15, 0.2) is 0 Å². The third-order valence-corrected chi connectivity index (χ3v) is 2.06. The molecule has 78 valence electrons. The lowest BCUT2D eigenvalue weighted by molar-refractivity contribution is 0.0902. The van der Waals surface area contributed by atoms with Crippen molar-refractivity contribution in [3.8, 4) is 0 Å². The van der Waals surface area contributed by atoms with Crippen LogP contribution in [0.5, 0.6) is 0 Å². The molecule has 0 radical (unpaired) electrons. The van der Waals surface area contributed by atoms with Gasteiger partial charge in [-0.15, -0.1) is 0 Å². The number of ether oxygens (including phenoxy) is 2. The Morgan fingerprint density at radius 3 is 3.08 bits per heavy atom. The third kappa shape index (κ3) is 5.21. The molecule has 0 saturated carbocycles. The molecule has 1 saturated heterocycles. The Morgan fingerprint density at radius 2 is 2.38 bits per heavy atom. The van der Waals surface area contributed by atoms with Gasteiger partial charge in [-0.3, -0.25) is 0 Å². The molecule has 1 fully saturated rings. The molecule has 1 unspecified atom stereocenters. The summed E-state index contributed by atoms with van der Waals surface area (Å²) in [5.74, 6) is 0. The monoisotopic (exact) mass is 189 g/mol. The van der Waals surface area contributed by atoms with Crippen LogP contribution in [0.1, 0.15) is 12.8 Å². The maximum absolute atomic E-state index is 8.44. The number of hydrogen-bond acceptors (Lipinski definition) is 4. The van der Waals surface area contributed by atoms with Crippen molar-refractivity contribution in [2.75, 3.05) is 39.6 Å². The van der Waals surface area contributed by atoms with Crippen molar-refractivity contribution < 1.29 is 14.6 Å². The molecular weight excluding hydrogens is 170 g/mol. The van der Waals surface area contributed by atoms with Crippen LogP contribution >= 0.6 is 0 Å². The highest BCUT2D eigenvalue weighted by Gasteiger charge is 2.13.